The molecule has 0 unspecified atom stereocenters. The minimum atomic E-state index is -1.17. The Hall–Kier alpha value is -3.26. The first kappa shape index (κ1) is 20.1. The third-order valence-electron chi connectivity index (χ3n) is 3.73. The molecule has 0 radical (unpaired) electrons. The van der Waals surface area contributed by atoms with Crippen LogP contribution in [0.5, 0.6) is 5.75 Å². The molecule has 140 valence electrons. The molecule has 0 saturated carbocycles. The molecule has 0 heterocycles. The Bertz CT molecular complexity index is 842. The zero-order valence-electron chi connectivity index (χ0n) is 15.7. The summed E-state index contributed by atoms with van der Waals surface area (Å²) in [5.41, 5.74) is 1.78. The lowest BCUT2D eigenvalue weighted by molar-refractivity contribution is -0.156. The maximum Gasteiger partial charge on any atom is 0.324 e. The van der Waals surface area contributed by atoms with E-state index in [1.165, 1.54) is 0 Å². The standard InChI is InChI=1S/C22H22O5/c1-4-26-21(23)20(22(24)27-5-2)19-12-7-6-10-17(19)14-13-16-9-8-11-18(15-16)25-3/h6-12,15,20H,4-5H2,1-3H3. The first-order valence-electron chi connectivity index (χ1n) is 8.69. The van der Waals surface area contributed by atoms with Crippen molar-refractivity contribution in [1.29, 1.82) is 0 Å². The van der Waals surface area contributed by atoms with E-state index in [0.29, 0.717) is 16.9 Å². The predicted octanol–water partition coefficient (Wildman–Crippen LogP) is 3.30. The van der Waals surface area contributed by atoms with Crippen molar-refractivity contribution in [2.24, 2.45) is 0 Å². The molecule has 0 bridgehead atoms. The molecular weight excluding hydrogens is 344 g/mol. The SMILES string of the molecule is CCOC(=O)C(C(=O)OCC)c1ccccc1C#Cc1cccc(OC)c1. The summed E-state index contributed by atoms with van der Waals surface area (Å²) in [4.78, 5) is 24.8. The number of esters is 2. The molecule has 0 saturated heterocycles. The van der Waals surface area contributed by atoms with Crippen LogP contribution in [0.25, 0.3) is 0 Å². The number of benzene rings is 2. The summed E-state index contributed by atoms with van der Waals surface area (Å²) in [5.74, 6) is 4.31. The zero-order chi connectivity index (χ0) is 19.6. The molecule has 5 heteroatoms. The average Bonchev–Trinajstić information content (AvgIpc) is 2.68. The van der Waals surface area contributed by atoms with Crippen molar-refractivity contribution >= 4 is 11.9 Å². The van der Waals surface area contributed by atoms with Crippen molar-refractivity contribution in [1.82, 2.24) is 0 Å². The van der Waals surface area contributed by atoms with E-state index in [1.807, 2.05) is 24.3 Å². The molecule has 2 rings (SSSR count). The Kier molecular flexibility index (Phi) is 7.45. The summed E-state index contributed by atoms with van der Waals surface area (Å²) < 4.78 is 15.3. The summed E-state index contributed by atoms with van der Waals surface area (Å²) in [5, 5.41) is 0. The van der Waals surface area contributed by atoms with Gasteiger partial charge in [0.2, 0.25) is 0 Å². The second-order valence-corrected chi connectivity index (χ2v) is 5.51. The molecule has 0 aliphatic heterocycles. The number of carbonyl (C=O) groups is 2. The Morgan fingerprint density at radius 1 is 0.926 bits per heavy atom. The van der Waals surface area contributed by atoms with Crippen LogP contribution < -0.4 is 4.74 Å². The van der Waals surface area contributed by atoms with Crippen LogP contribution in [0.4, 0.5) is 0 Å². The van der Waals surface area contributed by atoms with Gasteiger partial charge in [0.25, 0.3) is 0 Å². The largest absolute Gasteiger partial charge is 0.497 e. The first-order chi connectivity index (χ1) is 13.1. The number of hydrogen-bond acceptors (Lipinski definition) is 5. The van der Waals surface area contributed by atoms with E-state index >= 15 is 0 Å². The van der Waals surface area contributed by atoms with Crippen LogP contribution in [0.3, 0.4) is 0 Å². The van der Waals surface area contributed by atoms with Gasteiger partial charge in [0.05, 0.1) is 20.3 Å². The summed E-state index contributed by atoms with van der Waals surface area (Å²) >= 11 is 0. The summed E-state index contributed by atoms with van der Waals surface area (Å²) in [6, 6.07) is 14.3. The lowest BCUT2D eigenvalue weighted by atomic mass is 9.94. The minimum absolute atomic E-state index is 0.173. The van der Waals surface area contributed by atoms with Crippen molar-refractivity contribution in [2.45, 2.75) is 19.8 Å². The van der Waals surface area contributed by atoms with Gasteiger partial charge in [0, 0.05) is 11.1 Å². The van der Waals surface area contributed by atoms with Crippen LogP contribution in [0, 0.1) is 11.8 Å². The molecule has 0 aromatic heterocycles. The van der Waals surface area contributed by atoms with Gasteiger partial charge >= 0.3 is 11.9 Å². The molecule has 2 aromatic rings. The molecule has 27 heavy (non-hydrogen) atoms. The van der Waals surface area contributed by atoms with Crippen molar-refractivity contribution in [3.63, 3.8) is 0 Å². The summed E-state index contributed by atoms with van der Waals surface area (Å²) in [7, 11) is 1.59. The number of carbonyl (C=O) groups excluding carboxylic acids is 2. The van der Waals surface area contributed by atoms with Gasteiger partial charge in [-0.2, -0.15) is 0 Å². The van der Waals surface area contributed by atoms with Crippen molar-refractivity contribution in [3.8, 4) is 17.6 Å². The number of ether oxygens (including phenoxy) is 3. The quantitative estimate of drug-likeness (QED) is 0.446. The van der Waals surface area contributed by atoms with E-state index in [2.05, 4.69) is 11.8 Å². The Balaban J connectivity index is 2.44. The highest BCUT2D eigenvalue weighted by Crippen LogP contribution is 2.23. The Morgan fingerprint density at radius 2 is 1.59 bits per heavy atom. The molecule has 2 aromatic carbocycles. The number of methoxy groups -OCH3 is 1. The second kappa shape index (κ2) is 10.0. The predicted molar refractivity (Wildman–Crippen MR) is 101 cm³/mol. The van der Waals surface area contributed by atoms with Crippen LogP contribution >= 0.6 is 0 Å². The maximum atomic E-state index is 12.4. The summed E-state index contributed by atoms with van der Waals surface area (Å²) in [6.07, 6.45) is 0. The van der Waals surface area contributed by atoms with E-state index in [9.17, 15) is 9.59 Å². The molecular formula is C22H22O5. The Labute approximate surface area is 159 Å². The highest BCUT2D eigenvalue weighted by Gasteiger charge is 2.32. The molecule has 0 aliphatic carbocycles. The van der Waals surface area contributed by atoms with Crippen molar-refractivity contribution in [3.05, 3.63) is 65.2 Å². The van der Waals surface area contributed by atoms with E-state index in [4.69, 9.17) is 14.2 Å². The van der Waals surface area contributed by atoms with Gasteiger partial charge in [-0.15, -0.1) is 0 Å². The zero-order valence-corrected chi connectivity index (χ0v) is 15.7. The van der Waals surface area contributed by atoms with E-state index in [1.54, 1.807) is 45.2 Å². The van der Waals surface area contributed by atoms with Crippen LogP contribution in [0.1, 0.15) is 36.5 Å². The number of rotatable bonds is 6. The highest BCUT2D eigenvalue weighted by atomic mass is 16.6. The van der Waals surface area contributed by atoms with Gasteiger partial charge in [0.15, 0.2) is 5.92 Å². The molecule has 5 nitrogen and oxygen atoms in total. The van der Waals surface area contributed by atoms with Crippen molar-refractivity contribution in [2.75, 3.05) is 20.3 Å². The third-order valence-corrected chi connectivity index (χ3v) is 3.73. The van der Waals surface area contributed by atoms with Crippen molar-refractivity contribution < 1.29 is 23.8 Å². The van der Waals surface area contributed by atoms with Gasteiger partial charge < -0.3 is 14.2 Å². The molecule has 0 amide bonds. The smallest absolute Gasteiger partial charge is 0.324 e. The van der Waals surface area contributed by atoms with Gasteiger partial charge in [0.1, 0.15) is 5.75 Å². The molecule has 0 spiro atoms. The molecule has 0 N–H and O–H groups in total. The first-order valence-corrected chi connectivity index (χ1v) is 8.69. The lowest BCUT2D eigenvalue weighted by Crippen LogP contribution is -2.26. The van der Waals surface area contributed by atoms with Crippen LogP contribution in [0.15, 0.2) is 48.5 Å². The highest BCUT2D eigenvalue weighted by molar-refractivity contribution is 6.01. The lowest BCUT2D eigenvalue weighted by Gasteiger charge is -2.16. The number of hydrogen-bond donors (Lipinski definition) is 0. The minimum Gasteiger partial charge on any atom is -0.497 e. The summed E-state index contributed by atoms with van der Waals surface area (Å²) in [6.45, 7) is 3.72. The molecule has 0 atom stereocenters. The normalized spacial score (nSPS) is 9.93. The fourth-order valence-corrected chi connectivity index (χ4v) is 2.50. The average molecular weight is 366 g/mol. The van der Waals surface area contributed by atoms with E-state index < -0.39 is 17.9 Å². The fraction of sp³-hybridized carbons (Fsp3) is 0.273. The topological polar surface area (TPSA) is 61.8 Å². The van der Waals surface area contributed by atoms with Gasteiger partial charge in [-0.1, -0.05) is 36.1 Å². The second-order valence-electron chi connectivity index (χ2n) is 5.51. The van der Waals surface area contributed by atoms with Crippen LogP contribution in [-0.2, 0) is 19.1 Å². The fourth-order valence-electron chi connectivity index (χ4n) is 2.50. The molecule has 0 fully saturated rings. The van der Waals surface area contributed by atoms with Gasteiger partial charge in [-0.05, 0) is 43.7 Å². The van der Waals surface area contributed by atoms with E-state index in [0.717, 1.165) is 5.56 Å². The van der Waals surface area contributed by atoms with Crippen LogP contribution in [0.2, 0.25) is 0 Å². The molecule has 0 aliphatic rings. The monoisotopic (exact) mass is 366 g/mol. The van der Waals surface area contributed by atoms with Crippen LogP contribution in [-0.4, -0.2) is 32.3 Å². The third kappa shape index (κ3) is 5.35. The van der Waals surface area contributed by atoms with Gasteiger partial charge in [-0.3, -0.25) is 9.59 Å². The van der Waals surface area contributed by atoms with E-state index in [-0.39, 0.29) is 13.2 Å². The van der Waals surface area contributed by atoms with Gasteiger partial charge in [-0.25, -0.2) is 0 Å². The maximum absolute atomic E-state index is 12.4. The Morgan fingerprint density at radius 3 is 2.22 bits per heavy atom.